The lowest BCUT2D eigenvalue weighted by molar-refractivity contribution is 1.14. The molecule has 0 N–H and O–H groups in total. The van der Waals surface area contributed by atoms with E-state index in [-0.39, 0.29) is 0 Å². The second kappa shape index (κ2) is 2.10. The van der Waals surface area contributed by atoms with Crippen molar-refractivity contribution in [1.82, 2.24) is 0 Å². The van der Waals surface area contributed by atoms with E-state index < -0.39 is 0 Å². The van der Waals surface area contributed by atoms with Gasteiger partial charge in [0.05, 0.1) is 0 Å². The first kappa shape index (κ1) is 5.93. The van der Waals surface area contributed by atoms with Gasteiger partial charge in [0.2, 0.25) is 0 Å². The zero-order chi connectivity index (χ0) is 6.97. The van der Waals surface area contributed by atoms with Gasteiger partial charge < -0.3 is 0 Å². The van der Waals surface area contributed by atoms with E-state index in [1.807, 2.05) is 30.5 Å². The Morgan fingerprint density at radius 3 is 2.30 bits per heavy atom. The van der Waals surface area contributed by atoms with Crippen LogP contribution in [0.15, 0.2) is 29.3 Å². The third-order valence-corrected chi connectivity index (χ3v) is 1.76. The van der Waals surface area contributed by atoms with Gasteiger partial charge in [-0.3, -0.25) is 4.99 Å². The molecule has 0 spiro atoms. The topological polar surface area (TPSA) is 12.4 Å². The smallest absolute Gasteiger partial charge is 0.109 e. The van der Waals surface area contributed by atoms with Crippen LogP contribution in [0, 0.1) is 0 Å². The average Bonchev–Trinajstić information content (AvgIpc) is 2.71. The van der Waals surface area contributed by atoms with E-state index in [9.17, 15) is 0 Å². The standard InChI is InChI=1S/C8H6ClN/c9-7-3-1-6(2-4-7)8-5-10-8/h1-5,8H. The van der Waals surface area contributed by atoms with Crippen molar-refractivity contribution >= 4 is 17.8 Å². The van der Waals surface area contributed by atoms with E-state index in [4.69, 9.17) is 11.6 Å². The summed E-state index contributed by atoms with van der Waals surface area (Å²) in [7, 11) is 0. The van der Waals surface area contributed by atoms with Gasteiger partial charge in [0.15, 0.2) is 0 Å². The minimum atomic E-state index is 0.345. The molecule has 1 aliphatic rings. The molecule has 0 saturated heterocycles. The normalized spacial score (nSPS) is 21.1. The number of benzene rings is 1. The van der Waals surface area contributed by atoms with Crippen LogP contribution in [0.3, 0.4) is 0 Å². The fraction of sp³-hybridized carbons (Fsp3) is 0.125. The summed E-state index contributed by atoms with van der Waals surface area (Å²) in [6.07, 6.45) is 1.92. The van der Waals surface area contributed by atoms with Crippen LogP contribution in [0.2, 0.25) is 5.02 Å². The Hall–Kier alpha value is -0.820. The predicted octanol–water partition coefficient (Wildman–Crippen LogP) is 2.47. The maximum absolute atomic E-state index is 5.70. The van der Waals surface area contributed by atoms with Crippen molar-refractivity contribution in [2.24, 2.45) is 4.99 Å². The van der Waals surface area contributed by atoms with E-state index in [1.165, 1.54) is 5.56 Å². The Kier molecular flexibility index (Phi) is 1.24. The largest absolute Gasteiger partial charge is 0.281 e. The minimum Gasteiger partial charge on any atom is -0.281 e. The first-order valence-electron chi connectivity index (χ1n) is 3.15. The van der Waals surface area contributed by atoms with Gasteiger partial charge in [0, 0.05) is 11.2 Å². The number of hydrogen-bond donors (Lipinski definition) is 0. The Balaban J connectivity index is 2.28. The highest BCUT2D eigenvalue weighted by Crippen LogP contribution is 2.24. The molecular formula is C8H6ClN. The number of halogens is 1. The quantitative estimate of drug-likeness (QED) is 0.585. The summed E-state index contributed by atoms with van der Waals surface area (Å²) in [5.41, 5.74) is 1.23. The molecule has 2 rings (SSSR count). The molecule has 1 heterocycles. The number of rotatable bonds is 1. The minimum absolute atomic E-state index is 0.345. The summed E-state index contributed by atoms with van der Waals surface area (Å²) in [6, 6.07) is 8.12. The molecule has 0 saturated carbocycles. The fourth-order valence-corrected chi connectivity index (χ4v) is 1.00. The predicted molar refractivity (Wildman–Crippen MR) is 42.7 cm³/mol. The molecule has 0 aromatic heterocycles. The maximum Gasteiger partial charge on any atom is 0.109 e. The summed E-state index contributed by atoms with van der Waals surface area (Å²) in [6.45, 7) is 0. The van der Waals surface area contributed by atoms with Crippen LogP contribution in [0.1, 0.15) is 11.6 Å². The SMILES string of the molecule is Clc1ccc(C2C=N2)cc1. The Morgan fingerprint density at radius 1 is 1.20 bits per heavy atom. The Bertz CT molecular complexity index is 257. The van der Waals surface area contributed by atoms with E-state index in [0.29, 0.717) is 6.04 Å². The van der Waals surface area contributed by atoms with Gasteiger partial charge in [0.25, 0.3) is 0 Å². The highest BCUT2D eigenvalue weighted by molar-refractivity contribution is 6.30. The van der Waals surface area contributed by atoms with Crippen molar-refractivity contribution in [1.29, 1.82) is 0 Å². The zero-order valence-electron chi connectivity index (χ0n) is 5.29. The maximum atomic E-state index is 5.70. The van der Waals surface area contributed by atoms with Crippen LogP contribution in [-0.2, 0) is 0 Å². The number of aliphatic imine (C=N–C) groups is 1. The van der Waals surface area contributed by atoms with E-state index >= 15 is 0 Å². The van der Waals surface area contributed by atoms with Gasteiger partial charge in [-0.1, -0.05) is 23.7 Å². The van der Waals surface area contributed by atoms with E-state index in [1.54, 1.807) is 0 Å². The second-order valence-electron chi connectivity index (χ2n) is 2.29. The fourth-order valence-electron chi connectivity index (χ4n) is 0.875. The molecule has 1 aliphatic heterocycles. The molecule has 1 nitrogen and oxygen atoms in total. The highest BCUT2D eigenvalue weighted by atomic mass is 35.5. The van der Waals surface area contributed by atoms with Crippen molar-refractivity contribution in [2.45, 2.75) is 6.04 Å². The van der Waals surface area contributed by atoms with Gasteiger partial charge in [-0.25, -0.2) is 0 Å². The summed E-state index contributed by atoms with van der Waals surface area (Å²) >= 11 is 5.70. The third kappa shape index (κ3) is 1.05. The molecule has 0 fully saturated rings. The first-order chi connectivity index (χ1) is 4.86. The van der Waals surface area contributed by atoms with Crippen LogP contribution >= 0.6 is 11.6 Å². The summed E-state index contributed by atoms with van der Waals surface area (Å²) < 4.78 is 0. The molecular weight excluding hydrogens is 146 g/mol. The lowest BCUT2D eigenvalue weighted by Crippen LogP contribution is -1.78. The van der Waals surface area contributed by atoms with Gasteiger partial charge in [0.1, 0.15) is 6.04 Å². The summed E-state index contributed by atoms with van der Waals surface area (Å²) in [4.78, 5) is 4.03. The van der Waals surface area contributed by atoms with Gasteiger partial charge in [-0.05, 0) is 17.7 Å². The van der Waals surface area contributed by atoms with Crippen LogP contribution in [0.25, 0.3) is 0 Å². The van der Waals surface area contributed by atoms with Crippen molar-refractivity contribution in [3.8, 4) is 0 Å². The molecule has 1 aromatic carbocycles. The number of hydrogen-bond acceptors (Lipinski definition) is 1. The zero-order valence-corrected chi connectivity index (χ0v) is 6.05. The third-order valence-electron chi connectivity index (χ3n) is 1.51. The van der Waals surface area contributed by atoms with Crippen molar-refractivity contribution in [3.63, 3.8) is 0 Å². The molecule has 0 bridgehead atoms. The highest BCUT2D eigenvalue weighted by Gasteiger charge is 2.14. The van der Waals surface area contributed by atoms with Crippen LogP contribution in [0.5, 0.6) is 0 Å². The molecule has 1 atom stereocenters. The Morgan fingerprint density at radius 2 is 1.80 bits per heavy atom. The van der Waals surface area contributed by atoms with Gasteiger partial charge >= 0.3 is 0 Å². The molecule has 0 amide bonds. The lowest BCUT2D eigenvalue weighted by Gasteiger charge is -1.94. The molecule has 50 valence electrons. The van der Waals surface area contributed by atoms with Crippen molar-refractivity contribution in [2.75, 3.05) is 0 Å². The lowest BCUT2D eigenvalue weighted by atomic mass is 10.1. The summed E-state index contributed by atoms with van der Waals surface area (Å²) in [5, 5.41) is 0.782. The van der Waals surface area contributed by atoms with E-state index in [2.05, 4.69) is 4.99 Å². The van der Waals surface area contributed by atoms with Crippen LogP contribution < -0.4 is 0 Å². The molecule has 1 aromatic rings. The van der Waals surface area contributed by atoms with Gasteiger partial charge in [-0.15, -0.1) is 0 Å². The van der Waals surface area contributed by atoms with Crippen molar-refractivity contribution < 1.29 is 0 Å². The summed E-state index contributed by atoms with van der Waals surface area (Å²) in [5.74, 6) is 0. The number of nitrogens with zero attached hydrogens (tertiary/aromatic N) is 1. The molecule has 1 unspecified atom stereocenters. The van der Waals surface area contributed by atoms with E-state index in [0.717, 1.165) is 5.02 Å². The average molecular weight is 152 g/mol. The second-order valence-corrected chi connectivity index (χ2v) is 2.73. The molecule has 0 radical (unpaired) electrons. The first-order valence-corrected chi connectivity index (χ1v) is 3.53. The van der Waals surface area contributed by atoms with Crippen LogP contribution in [0.4, 0.5) is 0 Å². The molecule has 0 aliphatic carbocycles. The monoisotopic (exact) mass is 151 g/mol. The Labute approximate surface area is 64.4 Å². The molecule has 10 heavy (non-hydrogen) atoms. The van der Waals surface area contributed by atoms with Crippen molar-refractivity contribution in [3.05, 3.63) is 34.9 Å². The van der Waals surface area contributed by atoms with Crippen LogP contribution in [-0.4, -0.2) is 6.21 Å². The molecule has 2 heteroatoms. The van der Waals surface area contributed by atoms with Gasteiger partial charge in [-0.2, -0.15) is 0 Å².